The molecule has 0 saturated heterocycles. The van der Waals surface area contributed by atoms with E-state index in [4.69, 9.17) is 0 Å². The van der Waals surface area contributed by atoms with Crippen molar-refractivity contribution in [2.45, 2.75) is 51.6 Å². The van der Waals surface area contributed by atoms with Crippen LogP contribution in [-0.4, -0.2) is 35.7 Å². The first kappa shape index (κ1) is 16.7. The molecule has 0 fully saturated rings. The molecule has 0 spiro atoms. The highest BCUT2D eigenvalue weighted by molar-refractivity contribution is 5.90. The van der Waals surface area contributed by atoms with Gasteiger partial charge in [0.2, 0.25) is 5.91 Å². The fraction of sp³-hybridized carbons (Fsp3) is 0.800. The summed E-state index contributed by atoms with van der Waals surface area (Å²) in [5.41, 5.74) is -0.624. The number of nitrogens with one attached hydrogen (secondary N) is 2. The molecule has 0 aromatic carbocycles. The molecule has 0 aliphatic rings. The molecule has 2 N–H and O–H groups in total. The lowest BCUT2D eigenvalue weighted by Gasteiger charge is -2.24. The van der Waals surface area contributed by atoms with Crippen molar-refractivity contribution in [1.82, 2.24) is 10.6 Å². The molecule has 0 heterocycles. The predicted molar refractivity (Wildman–Crippen MR) is 56.5 cm³/mol. The SMILES string of the molecule is CC(NC(=O)C(F)(F)C(F)F)C(=O)NC(C)(C)C. The predicted octanol–water partition coefficient (Wildman–Crippen LogP) is 1.31. The first-order valence-corrected chi connectivity index (χ1v) is 5.17. The number of carbonyl (C=O) groups excluding carboxylic acids is 2. The molecule has 1 atom stereocenters. The second-order valence-corrected chi connectivity index (χ2v) is 4.86. The first-order valence-electron chi connectivity index (χ1n) is 5.17. The Morgan fingerprint density at radius 3 is 1.89 bits per heavy atom. The topological polar surface area (TPSA) is 58.2 Å². The Bertz CT molecular complexity index is 326. The average Bonchev–Trinajstić information content (AvgIpc) is 2.14. The average molecular weight is 272 g/mol. The molecule has 0 rings (SSSR count). The lowest BCUT2D eigenvalue weighted by Crippen LogP contribution is -2.55. The molecule has 0 aromatic heterocycles. The van der Waals surface area contributed by atoms with Crippen LogP contribution in [0.5, 0.6) is 0 Å². The number of rotatable bonds is 4. The van der Waals surface area contributed by atoms with E-state index in [9.17, 15) is 27.2 Å². The Kier molecular flexibility index (Phi) is 5.12. The van der Waals surface area contributed by atoms with Gasteiger partial charge in [-0.1, -0.05) is 0 Å². The third-order valence-electron chi connectivity index (χ3n) is 1.82. The Morgan fingerprint density at radius 2 is 1.56 bits per heavy atom. The quantitative estimate of drug-likeness (QED) is 0.758. The third kappa shape index (κ3) is 4.89. The van der Waals surface area contributed by atoms with Crippen LogP contribution in [0.1, 0.15) is 27.7 Å². The van der Waals surface area contributed by atoms with Gasteiger partial charge in [0.05, 0.1) is 0 Å². The zero-order valence-electron chi connectivity index (χ0n) is 10.5. The van der Waals surface area contributed by atoms with E-state index in [0.29, 0.717) is 0 Å². The van der Waals surface area contributed by atoms with Crippen LogP contribution in [0.4, 0.5) is 17.6 Å². The van der Waals surface area contributed by atoms with Crippen LogP contribution in [-0.2, 0) is 9.59 Å². The fourth-order valence-electron chi connectivity index (χ4n) is 0.935. The maximum absolute atomic E-state index is 12.6. The summed E-state index contributed by atoms with van der Waals surface area (Å²) in [7, 11) is 0. The van der Waals surface area contributed by atoms with E-state index in [0.717, 1.165) is 6.92 Å². The number of hydrogen-bond acceptors (Lipinski definition) is 2. The lowest BCUT2D eigenvalue weighted by molar-refractivity contribution is -0.170. The van der Waals surface area contributed by atoms with Crippen LogP contribution >= 0.6 is 0 Å². The van der Waals surface area contributed by atoms with Crippen molar-refractivity contribution in [2.75, 3.05) is 0 Å². The Labute approximate surface area is 102 Å². The molecule has 2 amide bonds. The zero-order valence-corrected chi connectivity index (χ0v) is 10.5. The summed E-state index contributed by atoms with van der Waals surface area (Å²) in [6.07, 6.45) is -4.12. The van der Waals surface area contributed by atoms with Gasteiger partial charge in [0.25, 0.3) is 5.91 Å². The smallest absolute Gasteiger partial charge is 0.350 e. The molecule has 0 radical (unpaired) electrons. The molecule has 0 saturated carbocycles. The number of alkyl halides is 4. The van der Waals surface area contributed by atoms with Gasteiger partial charge in [-0.05, 0) is 27.7 Å². The Morgan fingerprint density at radius 1 is 1.11 bits per heavy atom. The van der Waals surface area contributed by atoms with Gasteiger partial charge in [-0.2, -0.15) is 8.78 Å². The highest BCUT2D eigenvalue weighted by atomic mass is 19.3. The standard InChI is InChI=1S/C10H16F4N2O2/c1-5(6(17)16-9(2,3)4)15-8(18)10(13,14)7(11)12/h5,7H,1-4H3,(H,15,18)(H,16,17). The number of amides is 2. The van der Waals surface area contributed by atoms with E-state index >= 15 is 0 Å². The summed E-state index contributed by atoms with van der Waals surface area (Å²) >= 11 is 0. The van der Waals surface area contributed by atoms with E-state index in [-0.39, 0.29) is 0 Å². The molecule has 0 aliphatic heterocycles. The van der Waals surface area contributed by atoms with Gasteiger partial charge in [-0.3, -0.25) is 9.59 Å². The molecule has 0 bridgehead atoms. The van der Waals surface area contributed by atoms with Gasteiger partial charge in [-0.15, -0.1) is 0 Å². The minimum absolute atomic E-state index is 0.624. The van der Waals surface area contributed by atoms with Gasteiger partial charge in [-0.25, -0.2) is 8.78 Å². The van der Waals surface area contributed by atoms with E-state index in [2.05, 4.69) is 5.32 Å². The van der Waals surface area contributed by atoms with Crippen LogP contribution in [0, 0.1) is 0 Å². The molecule has 8 heteroatoms. The summed E-state index contributed by atoms with van der Waals surface area (Å²) in [6, 6.07) is -1.33. The maximum atomic E-state index is 12.6. The van der Waals surface area contributed by atoms with Crippen LogP contribution < -0.4 is 10.6 Å². The normalized spacial score (nSPS) is 14.3. The molecule has 106 valence electrons. The fourth-order valence-corrected chi connectivity index (χ4v) is 0.935. The van der Waals surface area contributed by atoms with Gasteiger partial charge >= 0.3 is 12.3 Å². The lowest BCUT2D eigenvalue weighted by atomic mass is 10.1. The molecule has 18 heavy (non-hydrogen) atoms. The van der Waals surface area contributed by atoms with Crippen molar-refractivity contribution in [3.63, 3.8) is 0 Å². The molecular weight excluding hydrogens is 256 g/mol. The van der Waals surface area contributed by atoms with Crippen LogP contribution in [0.15, 0.2) is 0 Å². The van der Waals surface area contributed by atoms with Crippen molar-refractivity contribution >= 4 is 11.8 Å². The van der Waals surface area contributed by atoms with Gasteiger partial charge in [0.15, 0.2) is 0 Å². The number of carbonyl (C=O) groups is 2. The van der Waals surface area contributed by atoms with E-state index in [1.165, 1.54) is 0 Å². The Hall–Kier alpha value is -1.34. The van der Waals surface area contributed by atoms with Crippen LogP contribution in [0.25, 0.3) is 0 Å². The van der Waals surface area contributed by atoms with Crippen molar-refractivity contribution < 1.29 is 27.2 Å². The molecule has 4 nitrogen and oxygen atoms in total. The number of halogens is 4. The van der Waals surface area contributed by atoms with E-state index < -0.39 is 35.7 Å². The third-order valence-corrected chi connectivity index (χ3v) is 1.82. The summed E-state index contributed by atoms with van der Waals surface area (Å²) in [6.45, 7) is 6.06. The Balaban J connectivity index is 4.54. The van der Waals surface area contributed by atoms with E-state index in [1.807, 2.05) is 0 Å². The summed E-state index contributed by atoms with van der Waals surface area (Å²) in [4.78, 5) is 22.3. The van der Waals surface area contributed by atoms with Crippen LogP contribution in [0.3, 0.4) is 0 Å². The molecule has 1 unspecified atom stereocenters. The van der Waals surface area contributed by atoms with Crippen molar-refractivity contribution in [1.29, 1.82) is 0 Å². The van der Waals surface area contributed by atoms with E-state index in [1.54, 1.807) is 26.1 Å². The monoisotopic (exact) mass is 272 g/mol. The highest BCUT2D eigenvalue weighted by Crippen LogP contribution is 2.22. The van der Waals surface area contributed by atoms with Crippen molar-refractivity contribution in [3.8, 4) is 0 Å². The molecule has 0 aliphatic carbocycles. The van der Waals surface area contributed by atoms with Gasteiger partial charge < -0.3 is 10.6 Å². The first-order chi connectivity index (χ1) is 7.88. The van der Waals surface area contributed by atoms with Crippen molar-refractivity contribution in [3.05, 3.63) is 0 Å². The molecular formula is C10H16F4N2O2. The molecule has 0 aromatic rings. The largest absolute Gasteiger partial charge is 0.383 e. The second-order valence-electron chi connectivity index (χ2n) is 4.86. The maximum Gasteiger partial charge on any atom is 0.383 e. The minimum atomic E-state index is -4.81. The van der Waals surface area contributed by atoms with Crippen LogP contribution in [0.2, 0.25) is 0 Å². The second kappa shape index (κ2) is 5.53. The van der Waals surface area contributed by atoms with Gasteiger partial charge in [0.1, 0.15) is 6.04 Å². The summed E-state index contributed by atoms with van der Waals surface area (Å²) in [5, 5.41) is 3.96. The highest BCUT2D eigenvalue weighted by Gasteiger charge is 2.49. The minimum Gasteiger partial charge on any atom is -0.350 e. The zero-order chi connectivity index (χ0) is 14.7. The van der Waals surface area contributed by atoms with Crippen molar-refractivity contribution in [2.24, 2.45) is 0 Å². The van der Waals surface area contributed by atoms with Gasteiger partial charge in [0, 0.05) is 5.54 Å². The summed E-state index contributed by atoms with van der Waals surface area (Å²) < 4.78 is 49.0. The summed E-state index contributed by atoms with van der Waals surface area (Å²) in [5.74, 6) is -7.72. The number of hydrogen-bond donors (Lipinski definition) is 2.